The molecular formula is C12H10ClN3O3S. The van der Waals surface area contributed by atoms with E-state index in [4.69, 9.17) is 11.6 Å². The zero-order valence-corrected chi connectivity index (χ0v) is 11.7. The fraction of sp³-hybridized carbons (Fsp3) is 0.0833. The zero-order valence-electron chi connectivity index (χ0n) is 10.1. The molecule has 2 aromatic rings. The number of carbonyl (C=O) groups is 1. The Bertz CT molecular complexity index is 631. The van der Waals surface area contributed by atoms with Gasteiger partial charge in [-0.15, -0.1) is 11.3 Å². The van der Waals surface area contributed by atoms with E-state index in [1.54, 1.807) is 0 Å². The highest BCUT2D eigenvalue weighted by atomic mass is 35.5. The molecule has 1 heterocycles. The minimum atomic E-state index is -0.600. The number of hydrogen-bond acceptors (Lipinski definition) is 4. The summed E-state index contributed by atoms with van der Waals surface area (Å²) in [5.41, 5.74) is 0.0625. The molecule has 1 aromatic heterocycles. The maximum Gasteiger partial charge on any atom is 0.319 e. The average Bonchev–Trinajstić information content (AvgIpc) is 2.91. The van der Waals surface area contributed by atoms with Gasteiger partial charge in [0.1, 0.15) is 5.02 Å². The number of hydrogen-bond donors (Lipinski definition) is 2. The highest BCUT2D eigenvalue weighted by molar-refractivity contribution is 7.09. The van der Waals surface area contributed by atoms with Crippen LogP contribution in [0.15, 0.2) is 35.7 Å². The van der Waals surface area contributed by atoms with Gasteiger partial charge in [0.2, 0.25) is 0 Å². The molecule has 0 atom stereocenters. The summed E-state index contributed by atoms with van der Waals surface area (Å²) in [4.78, 5) is 22.8. The van der Waals surface area contributed by atoms with Gasteiger partial charge < -0.3 is 10.6 Å². The van der Waals surface area contributed by atoms with Crippen LogP contribution in [0.5, 0.6) is 0 Å². The SMILES string of the molecule is O=C(NCc1cccs1)Nc1ccc(Cl)c([N+](=O)[O-])c1. The standard InChI is InChI=1S/C12H10ClN3O3S/c13-10-4-3-8(6-11(10)16(18)19)15-12(17)14-7-9-2-1-5-20-9/h1-6H,7H2,(H2,14,15,17). The van der Waals surface area contributed by atoms with Crippen molar-refractivity contribution in [1.29, 1.82) is 0 Å². The zero-order chi connectivity index (χ0) is 14.5. The predicted molar refractivity (Wildman–Crippen MR) is 78.3 cm³/mol. The number of halogens is 1. The highest BCUT2D eigenvalue weighted by Crippen LogP contribution is 2.27. The Morgan fingerprint density at radius 3 is 2.85 bits per heavy atom. The van der Waals surface area contributed by atoms with E-state index >= 15 is 0 Å². The maximum absolute atomic E-state index is 11.7. The number of anilines is 1. The molecule has 2 rings (SSSR count). The highest BCUT2D eigenvalue weighted by Gasteiger charge is 2.13. The van der Waals surface area contributed by atoms with Crippen molar-refractivity contribution in [3.63, 3.8) is 0 Å². The van der Waals surface area contributed by atoms with Crippen LogP contribution in [0.3, 0.4) is 0 Å². The fourth-order valence-electron chi connectivity index (χ4n) is 1.49. The number of thiophene rings is 1. The van der Waals surface area contributed by atoms with Gasteiger partial charge in [-0.05, 0) is 23.6 Å². The first-order valence-electron chi connectivity index (χ1n) is 5.57. The third-order valence-corrected chi connectivity index (χ3v) is 3.60. The summed E-state index contributed by atoms with van der Waals surface area (Å²) in [6, 6.07) is 7.44. The van der Waals surface area contributed by atoms with Gasteiger partial charge in [-0.2, -0.15) is 0 Å². The monoisotopic (exact) mass is 311 g/mol. The lowest BCUT2D eigenvalue weighted by Crippen LogP contribution is -2.27. The van der Waals surface area contributed by atoms with Crippen LogP contribution in [0.1, 0.15) is 4.88 Å². The quantitative estimate of drug-likeness (QED) is 0.668. The molecule has 20 heavy (non-hydrogen) atoms. The molecule has 0 radical (unpaired) electrons. The molecule has 2 N–H and O–H groups in total. The second-order valence-electron chi connectivity index (χ2n) is 3.81. The number of amides is 2. The van der Waals surface area contributed by atoms with E-state index in [1.165, 1.54) is 29.5 Å². The topological polar surface area (TPSA) is 84.3 Å². The number of nitrogens with zero attached hydrogens (tertiary/aromatic N) is 1. The molecule has 0 aliphatic carbocycles. The summed E-state index contributed by atoms with van der Waals surface area (Å²) in [5.74, 6) is 0. The molecule has 0 fully saturated rings. The van der Waals surface area contributed by atoms with Crippen molar-refractivity contribution < 1.29 is 9.72 Å². The lowest BCUT2D eigenvalue weighted by molar-refractivity contribution is -0.384. The van der Waals surface area contributed by atoms with E-state index in [1.807, 2.05) is 17.5 Å². The van der Waals surface area contributed by atoms with Crippen LogP contribution in [-0.4, -0.2) is 11.0 Å². The van der Waals surface area contributed by atoms with Crippen molar-refractivity contribution in [3.8, 4) is 0 Å². The van der Waals surface area contributed by atoms with E-state index in [9.17, 15) is 14.9 Å². The number of benzene rings is 1. The van der Waals surface area contributed by atoms with Crippen LogP contribution in [0.25, 0.3) is 0 Å². The van der Waals surface area contributed by atoms with Crippen LogP contribution >= 0.6 is 22.9 Å². The summed E-state index contributed by atoms with van der Waals surface area (Å²) >= 11 is 7.22. The van der Waals surface area contributed by atoms with Crippen molar-refractivity contribution in [2.45, 2.75) is 6.54 Å². The number of nitro groups is 1. The van der Waals surface area contributed by atoms with Gasteiger partial charge in [-0.25, -0.2) is 4.79 Å². The van der Waals surface area contributed by atoms with Gasteiger partial charge in [0, 0.05) is 16.6 Å². The van der Waals surface area contributed by atoms with Crippen LogP contribution in [0.4, 0.5) is 16.2 Å². The largest absolute Gasteiger partial charge is 0.333 e. The molecule has 0 aliphatic heterocycles. The third-order valence-electron chi connectivity index (χ3n) is 2.40. The summed E-state index contributed by atoms with van der Waals surface area (Å²) in [7, 11) is 0. The number of rotatable bonds is 4. The molecular weight excluding hydrogens is 302 g/mol. The van der Waals surface area contributed by atoms with Crippen molar-refractivity contribution in [3.05, 3.63) is 55.7 Å². The Labute approximate surface area is 123 Å². The van der Waals surface area contributed by atoms with Gasteiger partial charge in [0.25, 0.3) is 5.69 Å². The normalized spacial score (nSPS) is 10.1. The van der Waals surface area contributed by atoms with Crippen LogP contribution in [-0.2, 0) is 6.54 Å². The lowest BCUT2D eigenvalue weighted by atomic mass is 10.3. The Morgan fingerprint density at radius 1 is 1.40 bits per heavy atom. The van der Waals surface area contributed by atoms with Crippen molar-refractivity contribution >= 4 is 40.3 Å². The van der Waals surface area contributed by atoms with Gasteiger partial charge in [0.15, 0.2) is 0 Å². The smallest absolute Gasteiger partial charge is 0.319 e. The molecule has 0 spiro atoms. The van der Waals surface area contributed by atoms with Gasteiger partial charge in [0.05, 0.1) is 11.5 Å². The molecule has 0 bridgehead atoms. The van der Waals surface area contributed by atoms with E-state index in [-0.39, 0.29) is 10.7 Å². The Hall–Kier alpha value is -2.12. The van der Waals surface area contributed by atoms with Crippen LogP contribution in [0, 0.1) is 10.1 Å². The van der Waals surface area contributed by atoms with E-state index in [0.717, 1.165) is 4.88 Å². The summed E-state index contributed by atoms with van der Waals surface area (Å²) < 4.78 is 0. The minimum Gasteiger partial charge on any atom is -0.333 e. The number of nitro benzene ring substituents is 1. The van der Waals surface area contributed by atoms with Crippen LogP contribution in [0.2, 0.25) is 5.02 Å². The predicted octanol–water partition coefficient (Wildman–Crippen LogP) is 3.63. The van der Waals surface area contributed by atoms with E-state index in [0.29, 0.717) is 12.2 Å². The molecule has 0 aliphatic rings. The Kier molecular flexibility index (Phi) is 4.54. The first-order chi connectivity index (χ1) is 9.56. The second-order valence-corrected chi connectivity index (χ2v) is 5.25. The summed E-state index contributed by atoms with van der Waals surface area (Å²) in [5, 5.41) is 17.8. The minimum absolute atomic E-state index is 0.0274. The molecule has 0 unspecified atom stereocenters. The number of urea groups is 1. The fourth-order valence-corrected chi connectivity index (χ4v) is 2.32. The molecule has 8 heteroatoms. The molecule has 2 amide bonds. The molecule has 0 saturated heterocycles. The first-order valence-corrected chi connectivity index (χ1v) is 6.83. The van der Waals surface area contributed by atoms with Gasteiger partial charge in [-0.3, -0.25) is 10.1 Å². The Morgan fingerprint density at radius 2 is 2.20 bits per heavy atom. The molecule has 1 aromatic carbocycles. The maximum atomic E-state index is 11.7. The number of carbonyl (C=O) groups excluding carboxylic acids is 1. The van der Waals surface area contributed by atoms with Crippen molar-refractivity contribution in [2.75, 3.05) is 5.32 Å². The summed E-state index contributed by atoms with van der Waals surface area (Å²) in [6.07, 6.45) is 0. The van der Waals surface area contributed by atoms with Crippen molar-refractivity contribution in [1.82, 2.24) is 5.32 Å². The van der Waals surface area contributed by atoms with Gasteiger partial charge in [-0.1, -0.05) is 17.7 Å². The number of nitrogens with one attached hydrogen (secondary N) is 2. The van der Waals surface area contributed by atoms with E-state index < -0.39 is 11.0 Å². The third kappa shape index (κ3) is 3.69. The average molecular weight is 312 g/mol. The Balaban J connectivity index is 1.97. The van der Waals surface area contributed by atoms with Crippen LogP contribution < -0.4 is 10.6 Å². The van der Waals surface area contributed by atoms with Gasteiger partial charge >= 0.3 is 6.03 Å². The van der Waals surface area contributed by atoms with Crippen molar-refractivity contribution in [2.24, 2.45) is 0 Å². The lowest BCUT2D eigenvalue weighted by Gasteiger charge is -2.07. The molecule has 6 nitrogen and oxygen atoms in total. The first kappa shape index (κ1) is 14.3. The summed E-state index contributed by atoms with van der Waals surface area (Å²) in [6.45, 7) is 0.402. The molecule has 104 valence electrons. The molecule has 0 saturated carbocycles. The second kappa shape index (κ2) is 6.36. The van der Waals surface area contributed by atoms with E-state index in [2.05, 4.69) is 10.6 Å².